The van der Waals surface area contributed by atoms with Gasteiger partial charge in [0.2, 0.25) is 0 Å². The fourth-order valence-electron chi connectivity index (χ4n) is 2.48. The standard InChI is InChI=1S/C15H32N4/c1-5-10-19-11-7-14(8-12-19)18-15(16-4)17-9-6-13(2)3/h13-14H,5-12H2,1-4H3,(H2,16,17,18). The summed E-state index contributed by atoms with van der Waals surface area (Å²) in [6.07, 6.45) is 4.90. The molecule has 1 aliphatic heterocycles. The molecule has 0 unspecified atom stereocenters. The maximum absolute atomic E-state index is 4.32. The lowest BCUT2D eigenvalue weighted by Crippen LogP contribution is -2.49. The number of rotatable bonds is 6. The van der Waals surface area contributed by atoms with Gasteiger partial charge in [-0.1, -0.05) is 20.8 Å². The smallest absolute Gasteiger partial charge is 0.191 e. The Morgan fingerprint density at radius 1 is 1.32 bits per heavy atom. The van der Waals surface area contributed by atoms with Crippen molar-refractivity contribution in [1.82, 2.24) is 15.5 Å². The molecule has 19 heavy (non-hydrogen) atoms. The molecule has 112 valence electrons. The van der Waals surface area contributed by atoms with E-state index in [0.29, 0.717) is 6.04 Å². The molecule has 1 heterocycles. The molecule has 4 heteroatoms. The van der Waals surface area contributed by atoms with E-state index in [1.54, 1.807) is 0 Å². The molecule has 0 saturated carbocycles. The van der Waals surface area contributed by atoms with Crippen LogP contribution in [0.25, 0.3) is 0 Å². The molecular weight excluding hydrogens is 236 g/mol. The molecule has 0 radical (unpaired) electrons. The summed E-state index contributed by atoms with van der Waals surface area (Å²) in [6, 6.07) is 0.582. The van der Waals surface area contributed by atoms with Gasteiger partial charge in [0.15, 0.2) is 5.96 Å². The van der Waals surface area contributed by atoms with Crippen LogP contribution in [-0.4, -0.2) is 50.1 Å². The zero-order valence-corrected chi connectivity index (χ0v) is 13.2. The molecule has 1 rings (SSSR count). The number of piperidine rings is 1. The van der Waals surface area contributed by atoms with Crippen molar-refractivity contribution in [2.45, 2.75) is 52.5 Å². The second-order valence-electron chi connectivity index (χ2n) is 5.94. The lowest BCUT2D eigenvalue weighted by Gasteiger charge is -2.32. The van der Waals surface area contributed by atoms with Crippen LogP contribution in [0.4, 0.5) is 0 Å². The summed E-state index contributed by atoms with van der Waals surface area (Å²) in [5, 5.41) is 6.96. The summed E-state index contributed by atoms with van der Waals surface area (Å²) in [5.74, 6) is 1.71. The molecule has 0 aliphatic carbocycles. The van der Waals surface area contributed by atoms with Crippen LogP contribution in [-0.2, 0) is 0 Å². The third kappa shape index (κ3) is 6.81. The second kappa shape index (κ2) is 9.18. The molecule has 0 bridgehead atoms. The lowest BCUT2D eigenvalue weighted by molar-refractivity contribution is 0.206. The first-order valence-corrected chi connectivity index (χ1v) is 7.85. The van der Waals surface area contributed by atoms with Crippen molar-refractivity contribution in [2.75, 3.05) is 33.2 Å². The number of hydrogen-bond donors (Lipinski definition) is 2. The highest BCUT2D eigenvalue weighted by atomic mass is 15.2. The van der Waals surface area contributed by atoms with E-state index in [9.17, 15) is 0 Å². The molecule has 2 N–H and O–H groups in total. The van der Waals surface area contributed by atoms with Crippen molar-refractivity contribution in [1.29, 1.82) is 0 Å². The van der Waals surface area contributed by atoms with Crippen LogP contribution >= 0.6 is 0 Å². The summed E-state index contributed by atoms with van der Waals surface area (Å²) in [5.41, 5.74) is 0. The molecule has 4 nitrogen and oxygen atoms in total. The van der Waals surface area contributed by atoms with Crippen LogP contribution < -0.4 is 10.6 Å². The van der Waals surface area contributed by atoms with Crippen molar-refractivity contribution < 1.29 is 0 Å². The van der Waals surface area contributed by atoms with Gasteiger partial charge in [0.25, 0.3) is 0 Å². The minimum atomic E-state index is 0.582. The van der Waals surface area contributed by atoms with Crippen LogP contribution in [0.2, 0.25) is 0 Å². The third-order valence-electron chi connectivity index (χ3n) is 3.71. The van der Waals surface area contributed by atoms with Gasteiger partial charge in [0.05, 0.1) is 0 Å². The fourth-order valence-corrected chi connectivity index (χ4v) is 2.48. The van der Waals surface area contributed by atoms with E-state index in [2.05, 4.69) is 41.3 Å². The van der Waals surface area contributed by atoms with Crippen molar-refractivity contribution in [3.05, 3.63) is 0 Å². The number of likely N-dealkylation sites (tertiary alicyclic amines) is 1. The van der Waals surface area contributed by atoms with Crippen LogP contribution in [0.5, 0.6) is 0 Å². The monoisotopic (exact) mass is 268 g/mol. The highest BCUT2D eigenvalue weighted by molar-refractivity contribution is 5.79. The number of aliphatic imine (C=N–C) groups is 1. The quantitative estimate of drug-likeness (QED) is 0.572. The maximum atomic E-state index is 4.32. The number of hydrogen-bond acceptors (Lipinski definition) is 2. The Hall–Kier alpha value is -0.770. The summed E-state index contributed by atoms with van der Waals surface area (Å²) >= 11 is 0. The number of nitrogens with zero attached hydrogens (tertiary/aromatic N) is 2. The molecule has 0 aromatic carbocycles. The first-order valence-electron chi connectivity index (χ1n) is 7.85. The Kier molecular flexibility index (Phi) is 7.87. The van der Waals surface area contributed by atoms with Gasteiger partial charge in [-0.05, 0) is 38.1 Å². The molecule has 0 atom stereocenters. The Labute approximate surface area is 119 Å². The summed E-state index contributed by atoms with van der Waals surface area (Å²) in [7, 11) is 1.86. The Balaban J connectivity index is 2.22. The minimum absolute atomic E-state index is 0.582. The van der Waals surface area contributed by atoms with Crippen LogP contribution in [0, 0.1) is 5.92 Å². The molecule has 0 amide bonds. The highest BCUT2D eigenvalue weighted by Gasteiger charge is 2.19. The van der Waals surface area contributed by atoms with Gasteiger partial charge in [-0.2, -0.15) is 0 Å². The highest BCUT2D eigenvalue weighted by Crippen LogP contribution is 2.10. The largest absolute Gasteiger partial charge is 0.356 e. The Morgan fingerprint density at radius 3 is 2.53 bits per heavy atom. The number of nitrogens with one attached hydrogen (secondary N) is 2. The summed E-state index contributed by atoms with van der Waals surface area (Å²) < 4.78 is 0. The van der Waals surface area contributed by atoms with Gasteiger partial charge in [-0.25, -0.2) is 0 Å². The molecule has 1 saturated heterocycles. The van der Waals surface area contributed by atoms with Gasteiger partial charge in [0, 0.05) is 32.7 Å². The van der Waals surface area contributed by atoms with Crippen LogP contribution in [0.1, 0.15) is 46.5 Å². The van der Waals surface area contributed by atoms with Crippen LogP contribution in [0.15, 0.2) is 4.99 Å². The number of guanidine groups is 1. The first-order chi connectivity index (χ1) is 9.15. The topological polar surface area (TPSA) is 39.7 Å². The minimum Gasteiger partial charge on any atom is -0.356 e. The fraction of sp³-hybridized carbons (Fsp3) is 0.933. The van der Waals surface area contributed by atoms with Gasteiger partial charge in [0.1, 0.15) is 0 Å². The van der Waals surface area contributed by atoms with Gasteiger partial charge in [-0.15, -0.1) is 0 Å². The lowest BCUT2D eigenvalue weighted by atomic mass is 10.1. The van der Waals surface area contributed by atoms with Crippen molar-refractivity contribution in [3.8, 4) is 0 Å². The zero-order chi connectivity index (χ0) is 14.1. The second-order valence-corrected chi connectivity index (χ2v) is 5.94. The third-order valence-corrected chi connectivity index (χ3v) is 3.71. The van der Waals surface area contributed by atoms with E-state index in [-0.39, 0.29) is 0 Å². The summed E-state index contributed by atoms with van der Waals surface area (Å²) in [6.45, 7) is 11.4. The summed E-state index contributed by atoms with van der Waals surface area (Å²) in [4.78, 5) is 6.88. The maximum Gasteiger partial charge on any atom is 0.191 e. The Morgan fingerprint density at radius 2 is 2.00 bits per heavy atom. The predicted octanol–water partition coefficient (Wildman–Crippen LogP) is 2.07. The normalized spacial score (nSPS) is 18.9. The van der Waals surface area contributed by atoms with E-state index >= 15 is 0 Å². The molecule has 0 aromatic heterocycles. The first kappa shape index (κ1) is 16.3. The zero-order valence-electron chi connectivity index (χ0n) is 13.2. The molecular formula is C15H32N4. The van der Waals surface area contributed by atoms with Crippen molar-refractivity contribution in [2.24, 2.45) is 10.9 Å². The van der Waals surface area contributed by atoms with Crippen molar-refractivity contribution >= 4 is 5.96 Å². The molecule has 0 aromatic rings. The van der Waals surface area contributed by atoms with Gasteiger partial charge >= 0.3 is 0 Å². The van der Waals surface area contributed by atoms with E-state index < -0.39 is 0 Å². The average molecular weight is 268 g/mol. The van der Waals surface area contributed by atoms with E-state index in [4.69, 9.17) is 0 Å². The SMILES string of the molecule is CCCN1CCC(NC(=NC)NCCC(C)C)CC1. The van der Waals surface area contributed by atoms with Gasteiger partial charge in [-0.3, -0.25) is 4.99 Å². The Bertz CT molecular complexity index is 255. The van der Waals surface area contributed by atoms with Crippen LogP contribution in [0.3, 0.4) is 0 Å². The molecule has 1 fully saturated rings. The predicted molar refractivity (Wildman–Crippen MR) is 83.7 cm³/mol. The molecule has 1 aliphatic rings. The van der Waals surface area contributed by atoms with E-state index in [1.807, 2.05) is 7.05 Å². The van der Waals surface area contributed by atoms with E-state index in [0.717, 1.165) is 18.4 Å². The van der Waals surface area contributed by atoms with E-state index in [1.165, 1.54) is 45.3 Å². The molecule has 0 spiro atoms. The average Bonchev–Trinajstić information content (AvgIpc) is 2.39. The van der Waals surface area contributed by atoms with Gasteiger partial charge < -0.3 is 15.5 Å². The van der Waals surface area contributed by atoms with Crippen molar-refractivity contribution in [3.63, 3.8) is 0 Å².